The van der Waals surface area contributed by atoms with Gasteiger partial charge in [-0.25, -0.2) is 4.98 Å². The predicted octanol–water partition coefficient (Wildman–Crippen LogP) is 1.47. The number of anilines is 2. The average Bonchev–Trinajstić information content (AvgIpc) is 3.31. The van der Waals surface area contributed by atoms with E-state index in [1.54, 1.807) is 32.4 Å². The number of rotatable bonds is 7. The lowest BCUT2D eigenvalue weighted by Gasteiger charge is -2.30. The maximum Gasteiger partial charge on any atom is 0.273 e. The Morgan fingerprint density at radius 3 is 2.65 bits per heavy atom. The largest absolute Gasteiger partial charge is 0.497 e. The molecule has 34 heavy (non-hydrogen) atoms. The van der Waals surface area contributed by atoms with Crippen LogP contribution < -0.4 is 30.6 Å². The molecule has 1 aliphatic heterocycles. The average molecular weight is 487 g/mol. The summed E-state index contributed by atoms with van der Waals surface area (Å²) in [5.41, 5.74) is 0.494. The number of methoxy groups -OCH3 is 2. The van der Waals surface area contributed by atoms with Crippen LogP contribution in [0.3, 0.4) is 0 Å². The molecule has 2 N–H and O–H groups in total. The first-order chi connectivity index (χ1) is 16.4. The number of piperidine rings is 1. The molecule has 1 aliphatic rings. The first-order valence-corrected chi connectivity index (χ1v) is 11.6. The number of amides is 2. The zero-order chi connectivity index (χ0) is 24.2. The van der Waals surface area contributed by atoms with Crippen LogP contribution >= 0.6 is 11.3 Å². The maximum atomic E-state index is 13.0. The number of nitrogens with zero attached hydrogens (tertiary/aromatic N) is 4. The molecular weight excluding hydrogens is 460 g/mol. The second kappa shape index (κ2) is 10.1. The van der Waals surface area contributed by atoms with Gasteiger partial charge >= 0.3 is 0 Å². The number of carbonyl (C=O) groups is 2. The number of fused-ring (bicyclic) bond motifs is 1. The van der Waals surface area contributed by atoms with Gasteiger partial charge in [-0.15, -0.1) is 0 Å². The number of carbonyl (C=O) groups excluding carboxylic acids is 2. The fraction of sp³-hybridized carbons (Fsp3) is 0.409. The fourth-order valence-electron chi connectivity index (χ4n) is 3.87. The molecule has 12 heteroatoms. The van der Waals surface area contributed by atoms with Crippen molar-refractivity contribution < 1.29 is 19.1 Å². The molecule has 0 bridgehead atoms. The van der Waals surface area contributed by atoms with E-state index >= 15 is 0 Å². The van der Waals surface area contributed by atoms with E-state index in [2.05, 4.69) is 25.5 Å². The number of ether oxygens (including phenoxy) is 2. The van der Waals surface area contributed by atoms with Crippen LogP contribution in [0.1, 0.15) is 12.8 Å². The molecule has 1 aromatic carbocycles. The molecule has 2 aromatic heterocycles. The minimum Gasteiger partial charge on any atom is -0.497 e. The zero-order valence-corrected chi connectivity index (χ0v) is 20.0. The monoisotopic (exact) mass is 486 g/mol. The number of benzene rings is 1. The van der Waals surface area contributed by atoms with Gasteiger partial charge in [0.05, 0.1) is 19.9 Å². The Balaban J connectivity index is 1.47. The van der Waals surface area contributed by atoms with Crippen LogP contribution in [-0.4, -0.2) is 60.7 Å². The summed E-state index contributed by atoms with van der Waals surface area (Å²) in [7, 11) is 4.68. The van der Waals surface area contributed by atoms with Crippen LogP contribution in [0.25, 0.3) is 10.3 Å². The normalized spacial score (nSPS) is 14.1. The molecule has 0 aliphatic carbocycles. The summed E-state index contributed by atoms with van der Waals surface area (Å²) in [5, 5.41) is 6.14. The van der Waals surface area contributed by atoms with E-state index in [9.17, 15) is 14.4 Å². The van der Waals surface area contributed by atoms with Crippen LogP contribution in [0, 0.1) is 5.92 Å². The first kappa shape index (κ1) is 23.5. The Labute approximate surface area is 199 Å². The van der Waals surface area contributed by atoms with Gasteiger partial charge in [0.25, 0.3) is 5.56 Å². The molecule has 0 spiro atoms. The summed E-state index contributed by atoms with van der Waals surface area (Å²) < 4.78 is 12.1. The quantitative estimate of drug-likeness (QED) is 0.514. The number of hydrogen-bond donors (Lipinski definition) is 2. The van der Waals surface area contributed by atoms with Crippen LogP contribution in [0.4, 0.5) is 10.8 Å². The van der Waals surface area contributed by atoms with Crippen molar-refractivity contribution in [3.05, 3.63) is 34.9 Å². The molecule has 0 unspecified atom stereocenters. The van der Waals surface area contributed by atoms with Crippen molar-refractivity contribution >= 4 is 44.3 Å². The van der Waals surface area contributed by atoms with Gasteiger partial charge in [0.15, 0.2) is 10.8 Å². The molecule has 11 nitrogen and oxygen atoms in total. The van der Waals surface area contributed by atoms with E-state index in [0.29, 0.717) is 45.8 Å². The smallest absolute Gasteiger partial charge is 0.273 e. The predicted molar refractivity (Wildman–Crippen MR) is 129 cm³/mol. The number of aromatic nitrogens is 3. The summed E-state index contributed by atoms with van der Waals surface area (Å²) in [6.07, 6.45) is 2.78. The number of hydrogen-bond acceptors (Lipinski definition) is 9. The third-order valence-corrected chi connectivity index (χ3v) is 6.85. The SMILES string of the molecule is CNC(=O)C1CCN(c2nc3ncn(CC(=O)Nc4ccc(OC)cc4OC)c(=O)c3s2)CC1. The van der Waals surface area contributed by atoms with Gasteiger partial charge in [0.1, 0.15) is 29.1 Å². The third kappa shape index (κ3) is 4.81. The van der Waals surface area contributed by atoms with Crippen LogP contribution in [0.2, 0.25) is 0 Å². The highest BCUT2D eigenvalue weighted by atomic mass is 32.1. The summed E-state index contributed by atoms with van der Waals surface area (Å²) in [6, 6.07) is 5.03. The Hall–Kier alpha value is -3.67. The van der Waals surface area contributed by atoms with Gasteiger partial charge in [-0.3, -0.25) is 19.0 Å². The first-order valence-electron chi connectivity index (χ1n) is 10.8. The molecule has 4 rings (SSSR count). The molecule has 2 amide bonds. The third-order valence-electron chi connectivity index (χ3n) is 5.75. The van der Waals surface area contributed by atoms with Crippen molar-refractivity contribution in [2.75, 3.05) is 44.6 Å². The van der Waals surface area contributed by atoms with E-state index in [4.69, 9.17) is 9.47 Å². The summed E-state index contributed by atoms with van der Waals surface area (Å²) in [4.78, 5) is 48.3. The molecule has 0 atom stereocenters. The number of thiazole rings is 1. The van der Waals surface area contributed by atoms with Crippen LogP contribution in [0.5, 0.6) is 11.5 Å². The standard InChI is InChI=1S/C22H26N6O5S/c1-23-20(30)13-6-8-27(9-7-13)22-26-19-18(34-22)21(31)28(12-24-19)11-17(29)25-15-5-4-14(32-2)10-16(15)33-3/h4-5,10,12-13H,6-9,11H2,1-3H3,(H,23,30)(H,25,29). The summed E-state index contributed by atoms with van der Waals surface area (Å²) in [6.45, 7) is 1.15. The van der Waals surface area contributed by atoms with E-state index in [1.165, 1.54) is 29.3 Å². The lowest BCUT2D eigenvalue weighted by molar-refractivity contribution is -0.125. The van der Waals surface area contributed by atoms with E-state index < -0.39 is 5.91 Å². The van der Waals surface area contributed by atoms with E-state index in [1.807, 2.05) is 0 Å². The Morgan fingerprint density at radius 2 is 1.97 bits per heavy atom. The lowest BCUT2D eigenvalue weighted by atomic mass is 9.96. The zero-order valence-electron chi connectivity index (χ0n) is 19.2. The highest BCUT2D eigenvalue weighted by Gasteiger charge is 2.26. The molecule has 3 aromatic rings. The van der Waals surface area contributed by atoms with E-state index in [0.717, 1.165) is 12.8 Å². The Morgan fingerprint density at radius 1 is 1.21 bits per heavy atom. The van der Waals surface area contributed by atoms with Gasteiger partial charge < -0.3 is 25.0 Å². The molecule has 0 saturated carbocycles. The topological polar surface area (TPSA) is 128 Å². The van der Waals surface area contributed by atoms with Gasteiger partial charge in [-0.1, -0.05) is 11.3 Å². The van der Waals surface area contributed by atoms with Gasteiger partial charge in [0.2, 0.25) is 11.8 Å². The molecule has 1 fully saturated rings. The summed E-state index contributed by atoms with van der Waals surface area (Å²) >= 11 is 1.25. The highest BCUT2D eigenvalue weighted by molar-refractivity contribution is 7.22. The van der Waals surface area contributed by atoms with Crippen molar-refractivity contribution in [1.29, 1.82) is 0 Å². The highest BCUT2D eigenvalue weighted by Crippen LogP contribution is 2.30. The van der Waals surface area contributed by atoms with Crippen molar-refractivity contribution in [3.8, 4) is 11.5 Å². The van der Waals surface area contributed by atoms with Gasteiger partial charge in [0, 0.05) is 32.1 Å². The Kier molecular flexibility index (Phi) is 6.96. The lowest BCUT2D eigenvalue weighted by Crippen LogP contribution is -2.39. The molecular formula is C22H26N6O5S. The number of nitrogens with one attached hydrogen (secondary N) is 2. The van der Waals surface area contributed by atoms with Gasteiger partial charge in [-0.2, -0.15) is 4.98 Å². The van der Waals surface area contributed by atoms with Crippen molar-refractivity contribution in [2.24, 2.45) is 5.92 Å². The van der Waals surface area contributed by atoms with Crippen molar-refractivity contribution in [2.45, 2.75) is 19.4 Å². The van der Waals surface area contributed by atoms with Crippen LogP contribution in [0.15, 0.2) is 29.3 Å². The van der Waals surface area contributed by atoms with Gasteiger partial charge in [-0.05, 0) is 25.0 Å². The summed E-state index contributed by atoms with van der Waals surface area (Å²) in [5.74, 6) is 0.695. The fourth-order valence-corrected chi connectivity index (χ4v) is 4.89. The maximum absolute atomic E-state index is 13.0. The molecule has 3 heterocycles. The molecule has 180 valence electrons. The van der Waals surface area contributed by atoms with E-state index in [-0.39, 0.29) is 23.9 Å². The minimum absolute atomic E-state index is 0.00572. The van der Waals surface area contributed by atoms with Crippen molar-refractivity contribution in [1.82, 2.24) is 19.9 Å². The molecule has 1 saturated heterocycles. The minimum atomic E-state index is -0.396. The second-order valence-electron chi connectivity index (χ2n) is 7.82. The second-order valence-corrected chi connectivity index (χ2v) is 8.79. The van der Waals surface area contributed by atoms with Crippen molar-refractivity contribution in [3.63, 3.8) is 0 Å². The Bertz CT molecular complexity index is 1260. The molecule has 0 radical (unpaired) electrons. The van der Waals surface area contributed by atoms with Crippen LogP contribution in [-0.2, 0) is 16.1 Å².